The molecule has 3 unspecified atom stereocenters. The van der Waals surface area contributed by atoms with E-state index in [1.165, 1.54) is 18.9 Å². The highest BCUT2D eigenvalue weighted by Gasteiger charge is 2.27. The van der Waals surface area contributed by atoms with Crippen molar-refractivity contribution in [2.45, 2.75) is 39.2 Å². The van der Waals surface area contributed by atoms with Crippen LogP contribution in [0, 0.1) is 22.0 Å². The lowest BCUT2D eigenvalue weighted by atomic mass is 9.78. The maximum absolute atomic E-state index is 10.7. The fourth-order valence-electron chi connectivity index (χ4n) is 2.68. The van der Waals surface area contributed by atoms with E-state index in [9.17, 15) is 10.1 Å². The van der Waals surface area contributed by atoms with Crippen molar-refractivity contribution in [3.05, 3.63) is 22.2 Å². The monoisotopic (exact) mass is 264 g/mol. The summed E-state index contributed by atoms with van der Waals surface area (Å²) < 4.78 is 0. The lowest BCUT2D eigenvalue weighted by Gasteiger charge is -2.34. The Morgan fingerprint density at radius 2 is 2.16 bits per heavy atom. The minimum Gasteiger partial charge on any atom is -0.378 e. The first kappa shape index (κ1) is 13.6. The molecule has 1 aromatic heterocycles. The number of aromatic nitrogens is 1. The zero-order valence-corrected chi connectivity index (χ0v) is 11.3. The molecule has 0 saturated heterocycles. The Morgan fingerprint density at radius 3 is 2.79 bits per heavy atom. The molecule has 3 atom stereocenters. The van der Waals surface area contributed by atoms with Gasteiger partial charge in [0, 0.05) is 12.1 Å². The average Bonchev–Trinajstić information content (AvgIpc) is 2.34. The van der Waals surface area contributed by atoms with Crippen molar-refractivity contribution >= 4 is 17.3 Å². The molecule has 0 aliphatic heterocycles. The van der Waals surface area contributed by atoms with Gasteiger partial charge in [0.15, 0.2) is 0 Å². The molecule has 19 heavy (non-hydrogen) atoms. The molecule has 0 radical (unpaired) electrons. The average molecular weight is 264 g/mol. The number of nitrogen functional groups attached to an aromatic ring is 1. The third-order valence-corrected chi connectivity index (χ3v) is 4.14. The van der Waals surface area contributed by atoms with Gasteiger partial charge in [-0.3, -0.25) is 10.1 Å². The van der Waals surface area contributed by atoms with Gasteiger partial charge in [-0.05, 0) is 24.3 Å². The van der Waals surface area contributed by atoms with Crippen molar-refractivity contribution in [2.24, 2.45) is 11.8 Å². The summed E-state index contributed by atoms with van der Waals surface area (Å²) in [6.45, 7) is 4.49. The lowest BCUT2D eigenvalue weighted by molar-refractivity contribution is -0.384. The van der Waals surface area contributed by atoms with E-state index < -0.39 is 4.92 Å². The molecule has 0 amide bonds. The minimum absolute atomic E-state index is 0.0356. The first-order chi connectivity index (χ1) is 8.99. The van der Waals surface area contributed by atoms with Gasteiger partial charge in [-0.2, -0.15) is 0 Å². The fourth-order valence-corrected chi connectivity index (χ4v) is 2.68. The molecule has 0 bridgehead atoms. The summed E-state index contributed by atoms with van der Waals surface area (Å²) in [6, 6.07) is 3.39. The highest BCUT2D eigenvalue weighted by molar-refractivity contribution is 5.57. The largest absolute Gasteiger partial charge is 0.378 e. The molecule has 0 spiro atoms. The van der Waals surface area contributed by atoms with Crippen molar-refractivity contribution in [3.8, 4) is 0 Å². The molecule has 1 aliphatic carbocycles. The Morgan fingerprint density at radius 1 is 1.42 bits per heavy atom. The molecule has 1 saturated carbocycles. The second-order valence-electron chi connectivity index (χ2n) is 5.38. The summed E-state index contributed by atoms with van der Waals surface area (Å²) in [7, 11) is 0. The van der Waals surface area contributed by atoms with Crippen molar-refractivity contribution < 1.29 is 4.92 Å². The predicted octanol–water partition coefficient (Wildman–Crippen LogP) is 2.81. The van der Waals surface area contributed by atoms with Crippen LogP contribution in [0.3, 0.4) is 0 Å². The Kier molecular flexibility index (Phi) is 3.87. The quantitative estimate of drug-likeness (QED) is 0.646. The number of rotatable bonds is 3. The molecule has 1 heterocycles. The van der Waals surface area contributed by atoms with Crippen LogP contribution in [-0.4, -0.2) is 15.9 Å². The van der Waals surface area contributed by atoms with E-state index in [-0.39, 0.29) is 11.5 Å². The topological polar surface area (TPSA) is 94.1 Å². The summed E-state index contributed by atoms with van der Waals surface area (Å²) in [4.78, 5) is 14.2. The van der Waals surface area contributed by atoms with Gasteiger partial charge < -0.3 is 11.1 Å². The van der Waals surface area contributed by atoms with Gasteiger partial charge in [-0.15, -0.1) is 0 Å². The maximum atomic E-state index is 10.7. The van der Waals surface area contributed by atoms with Crippen molar-refractivity contribution in [1.29, 1.82) is 0 Å². The van der Waals surface area contributed by atoms with Crippen LogP contribution in [0.25, 0.3) is 0 Å². The standard InChI is InChI=1S/C13H20N4O2/c1-8-4-3-5-10(9(8)2)15-12-7-6-11(17(18)19)13(14)16-12/h6-10H,3-5H2,1-2H3,(H3,14,15,16). The van der Waals surface area contributed by atoms with E-state index in [1.54, 1.807) is 6.07 Å². The summed E-state index contributed by atoms with van der Waals surface area (Å²) >= 11 is 0. The predicted molar refractivity (Wildman–Crippen MR) is 74.9 cm³/mol. The van der Waals surface area contributed by atoms with Gasteiger partial charge in [-0.1, -0.05) is 26.7 Å². The van der Waals surface area contributed by atoms with Gasteiger partial charge in [-0.25, -0.2) is 4.98 Å². The first-order valence-corrected chi connectivity index (χ1v) is 6.66. The molecule has 1 aliphatic rings. The Balaban J connectivity index is 2.11. The number of anilines is 2. The third kappa shape index (κ3) is 2.94. The van der Waals surface area contributed by atoms with Crippen LogP contribution in [0.2, 0.25) is 0 Å². The van der Waals surface area contributed by atoms with E-state index >= 15 is 0 Å². The van der Waals surface area contributed by atoms with E-state index in [0.717, 1.165) is 6.42 Å². The van der Waals surface area contributed by atoms with Gasteiger partial charge >= 0.3 is 5.69 Å². The van der Waals surface area contributed by atoms with Crippen molar-refractivity contribution in [3.63, 3.8) is 0 Å². The highest BCUT2D eigenvalue weighted by Crippen LogP contribution is 2.31. The number of nitro groups is 1. The van der Waals surface area contributed by atoms with Crippen LogP contribution >= 0.6 is 0 Å². The summed E-state index contributed by atoms with van der Waals surface area (Å²) in [5.41, 5.74) is 5.45. The van der Waals surface area contributed by atoms with E-state index in [0.29, 0.717) is 23.7 Å². The number of nitrogens with one attached hydrogen (secondary N) is 1. The molecule has 1 fully saturated rings. The van der Waals surface area contributed by atoms with Crippen molar-refractivity contribution in [1.82, 2.24) is 4.98 Å². The van der Waals surface area contributed by atoms with E-state index in [1.807, 2.05) is 0 Å². The maximum Gasteiger partial charge on any atom is 0.311 e. The normalized spacial score (nSPS) is 26.9. The second kappa shape index (κ2) is 5.42. The van der Waals surface area contributed by atoms with Gasteiger partial charge in [0.2, 0.25) is 5.82 Å². The number of hydrogen-bond donors (Lipinski definition) is 2. The molecule has 1 aromatic rings. The van der Waals surface area contributed by atoms with Crippen LogP contribution < -0.4 is 11.1 Å². The van der Waals surface area contributed by atoms with Gasteiger partial charge in [0.05, 0.1) is 4.92 Å². The number of nitrogens with zero attached hydrogens (tertiary/aromatic N) is 2. The van der Waals surface area contributed by atoms with Crippen LogP contribution in [0.4, 0.5) is 17.3 Å². The van der Waals surface area contributed by atoms with E-state index in [4.69, 9.17) is 5.73 Å². The summed E-state index contributed by atoms with van der Waals surface area (Å²) in [5.74, 6) is 1.83. The van der Waals surface area contributed by atoms with Gasteiger partial charge in [0.1, 0.15) is 5.82 Å². The molecular formula is C13H20N4O2. The van der Waals surface area contributed by atoms with Crippen LogP contribution in [0.1, 0.15) is 33.1 Å². The van der Waals surface area contributed by atoms with Crippen LogP contribution in [-0.2, 0) is 0 Å². The molecular weight excluding hydrogens is 244 g/mol. The SMILES string of the molecule is CC1CCCC(Nc2ccc([N+](=O)[O-])c(N)n2)C1C. The van der Waals surface area contributed by atoms with Crippen molar-refractivity contribution in [2.75, 3.05) is 11.1 Å². The molecule has 2 rings (SSSR count). The Bertz CT molecular complexity index is 478. The zero-order valence-electron chi connectivity index (χ0n) is 11.3. The Labute approximate surface area is 112 Å². The number of nitrogens with two attached hydrogens (primary N) is 1. The second-order valence-corrected chi connectivity index (χ2v) is 5.38. The molecule has 3 N–H and O–H groups in total. The highest BCUT2D eigenvalue weighted by atomic mass is 16.6. The molecule has 0 aromatic carbocycles. The Hall–Kier alpha value is -1.85. The molecule has 6 nitrogen and oxygen atoms in total. The summed E-state index contributed by atoms with van der Waals surface area (Å²) in [5, 5.41) is 14.0. The minimum atomic E-state index is -0.516. The van der Waals surface area contributed by atoms with Gasteiger partial charge in [0.25, 0.3) is 0 Å². The lowest BCUT2D eigenvalue weighted by Crippen LogP contribution is -2.35. The third-order valence-electron chi connectivity index (χ3n) is 4.14. The van der Waals surface area contributed by atoms with Crippen LogP contribution in [0.5, 0.6) is 0 Å². The van der Waals surface area contributed by atoms with Crippen LogP contribution in [0.15, 0.2) is 12.1 Å². The molecule has 104 valence electrons. The summed E-state index contributed by atoms with van der Waals surface area (Å²) in [6.07, 6.45) is 3.56. The number of hydrogen-bond acceptors (Lipinski definition) is 5. The smallest absolute Gasteiger partial charge is 0.311 e. The molecule has 6 heteroatoms. The number of pyridine rings is 1. The first-order valence-electron chi connectivity index (χ1n) is 6.66. The fraction of sp³-hybridized carbons (Fsp3) is 0.615. The zero-order chi connectivity index (χ0) is 14.0. The van der Waals surface area contributed by atoms with E-state index in [2.05, 4.69) is 24.1 Å².